The van der Waals surface area contributed by atoms with E-state index in [1.54, 1.807) is 0 Å². The highest BCUT2D eigenvalue weighted by atomic mass is 14.8. The minimum atomic E-state index is 1.08. The third-order valence-corrected chi connectivity index (χ3v) is 2.98. The van der Waals surface area contributed by atoms with Gasteiger partial charge in [-0.1, -0.05) is 30.3 Å². The van der Waals surface area contributed by atoms with Crippen LogP contribution < -0.4 is 0 Å². The van der Waals surface area contributed by atoms with E-state index in [2.05, 4.69) is 35.3 Å². The minimum Gasteiger partial charge on any atom is -0.294 e. The first-order valence-corrected chi connectivity index (χ1v) is 6.01. The van der Waals surface area contributed by atoms with Crippen LogP contribution in [0.15, 0.2) is 35.3 Å². The molecule has 0 saturated carbocycles. The smallest absolute Gasteiger partial charge is 0.0392 e. The molecular weight excluding hydrogens is 182 g/mol. The molecule has 1 heteroatoms. The van der Waals surface area contributed by atoms with Gasteiger partial charge in [-0.3, -0.25) is 4.99 Å². The molecule has 0 spiro atoms. The van der Waals surface area contributed by atoms with E-state index in [0.717, 1.165) is 6.54 Å². The first kappa shape index (κ1) is 10.4. The van der Waals surface area contributed by atoms with Crippen molar-refractivity contribution in [3.05, 3.63) is 35.9 Å². The van der Waals surface area contributed by atoms with Gasteiger partial charge in [0, 0.05) is 12.3 Å². The molecule has 1 heterocycles. The Hall–Kier alpha value is -1.11. The molecule has 1 aliphatic rings. The van der Waals surface area contributed by atoms with Gasteiger partial charge in [0.15, 0.2) is 0 Å². The van der Waals surface area contributed by atoms with Crippen LogP contribution in [0.25, 0.3) is 0 Å². The topological polar surface area (TPSA) is 12.4 Å². The standard InChI is InChI=1S/C14H19N/c1-2-7-13(8-3-1)9-4-5-10-14-11-6-12-15-14/h1-3,7-8H,4-6,9-12H2. The highest BCUT2D eigenvalue weighted by Crippen LogP contribution is 2.12. The van der Waals surface area contributed by atoms with Crippen LogP contribution in [0, 0.1) is 0 Å². The Kier molecular flexibility index (Phi) is 3.95. The van der Waals surface area contributed by atoms with E-state index in [4.69, 9.17) is 0 Å². The summed E-state index contributed by atoms with van der Waals surface area (Å²) < 4.78 is 0. The van der Waals surface area contributed by atoms with Gasteiger partial charge in [-0.2, -0.15) is 0 Å². The third kappa shape index (κ3) is 3.50. The van der Waals surface area contributed by atoms with E-state index in [-0.39, 0.29) is 0 Å². The molecule has 0 aliphatic carbocycles. The van der Waals surface area contributed by atoms with Gasteiger partial charge in [0.1, 0.15) is 0 Å². The molecule has 0 N–H and O–H groups in total. The van der Waals surface area contributed by atoms with Gasteiger partial charge in [0.25, 0.3) is 0 Å². The molecule has 2 rings (SSSR count). The molecule has 1 aliphatic heterocycles. The number of aliphatic imine (C=N–C) groups is 1. The first-order chi connectivity index (χ1) is 7.45. The Bertz CT molecular complexity index is 313. The summed E-state index contributed by atoms with van der Waals surface area (Å²) in [7, 11) is 0. The molecule has 0 atom stereocenters. The lowest BCUT2D eigenvalue weighted by Crippen LogP contribution is -1.93. The van der Waals surface area contributed by atoms with Crippen molar-refractivity contribution in [2.45, 2.75) is 38.5 Å². The summed E-state index contributed by atoms with van der Waals surface area (Å²) in [6.07, 6.45) is 7.58. The van der Waals surface area contributed by atoms with Crippen LogP contribution in [0.2, 0.25) is 0 Å². The third-order valence-electron chi connectivity index (χ3n) is 2.98. The number of unbranched alkanes of at least 4 members (excludes halogenated alkanes) is 1. The van der Waals surface area contributed by atoms with Gasteiger partial charge >= 0.3 is 0 Å². The maximum absolute atomic E-state index is 4.50. The van der Waals surface area contributed by atoms with Crippen LogP contribution in [0.3, 0.4) is 0 Å². The lowest BCUT2D eigenvalue weighted by atomic mass is 10.0. The zero-order valence-electron chi connectivity index (χ0n) is 9.28. The number of hydrogen-bond donors (Lipinski definition) is 0. The van der Waals surface area contributed by atoms with Crippen molar-refractivity contribution in [2.75, 3.05) is 6.54 Å². The van der Waals surface area contributed by atoms with E-state index >= 15 is 0 Å². The lowest BCUT2D eigenvalue weighted by molar-refractivity contribution is 0.758. The van der Waals surface area contributed by atoms with Crippen molar-refractivity contribution >= 4 is 5.71 Å². The second-order valence-electron chi connectivity index (χ2n) is 4.24. The number of hydrogen-bond acceptors (Lipinski definition) is 1. The average Bonchev–Trinajstić information content (AvgIpc) is 2.79. The second-order valence-corrected chi connectivity index (χ2v) is 4.24. The van der Waals surface area contributed by atoms with E-state index in [1.807, 2.05) is 0 Å². The molecule has 0 saturated heterocycles. The Balaban J connectivity index is 1.63. The van der Waals surface area contributed by atoms with Crippen molar-refractivity contribution in [2.24, 2.45) is 4.99 Å². The van der Waals surface area contributed by atoms with Crippen LogP contribution in [-0.2, 0) is 6.42 Å². The monoisotopic (exact) mass is 201 g/mol. The van der Waals surface area contributed by atoms with E-state index < -0.39 is 0 Å². The Morgan fingerprint density at radius 2 is 1.80 bits per heavy atom. The summed E-state index contributed by atoms with van der Waals surface area (Å²) in [5, 5.41) is 0. The molecule has 0 bridgehead atoms. The number of aryl methyl sites for hydroxylation is 1. The minimum absolute atomic E-state index is 1.08. The second kappa shape index (κ2) is 5.69. The van der Waals surface area contributed by atoms with Crippen molar-refractivity contribution in [1.29, 1.82) is 0 Å². The molecule has 1 nitrogen and oxygen atoms in total. The molecule has 80 valence electrons. The molecular formula is C14H19N. The predicted octanol–water partition coefficient (Wildman–Crippen LogP) is 3.63. The summed E-state index contributed by atoms with van der Waals surface area (Å²) in [6.45, 7) is 1.08. The average molecular weight is 201 g/mol. The molecule has 0 aromatic heterocycles. The fraction of sp³-hybridized carbons (Fsp3) is 0.500. The summed E-state index contributed by atoms with van der Waals surface area (Å²) in [6, 6.07) is 10.8. The van der Waals surface area contributed by atoms with Crippen molar-refractivity contribution in [3.63, 3.8) is 0 Å². The molecule has 0 amide bonds. The van der Waals surface area contributed by atoms with Crippen molar-refractivity contribution in [1.82, 2.24) is 0 Å². The van der Waals surface area contributed by atoms with Crippen LogP contribution in [0.5, 0.6) is 0 Å². The van der Waals surface area contributed by atoms with Gasteiger partial charge < -0.3 is 0 Å². The maximum atomic E-state index is 4.50. The number of rotatable bonds is 5. The van der Waals surface area contributed by atoms with Gasteiger partial charge in [-0.05, 0) is 44.1 Å². The lowest BCUT2D eigenvalue weighted by Gasteiger charge is -2.01. The molecule has 1 aromatic rings. The van der Waals surface area contributed by atoms with Gasteiger partial charge in [-0.15, -0.1) is 0 Å². The zero-order valence-corrected chi connectivity index (χ0v) is 9.28. The normalized spacial score (nSPS) is 15.3. The van der Waals surface area contributed by atoms with Crippen molar-refractivity contribution in [3.8, 4) is 0 Å². The van der Waals surface area contributed by atoms with Crippen LogP contribution in [0.1, 0.15) is 37.7 Å². The number of nitrogens with zero attached hydrogens (tertiary/aromatic N) is 1. The molecule has 0 fully saturated rings. The van der Waals surface area contributed by atoms with Gasteiger partial charge in [0.05, 0.1) is 0 Å². The summed E-state index contributed by atoms with van der Waals surface area (Å²) in [5.41, 5.74) is 2.92. The van der Waals surface area contributed by atoms with Crippen molar-refractivity contribution < 1.29 is 0 Å². The predicted molar refractivity (Wildman–Crippen MR) is 65.5 cm³/mol. The summed E-state index contributed by atoms with van der Waals surface area (Å²) >= 11 is 0. The fourth-order valence-corrected chi connectivity index (χ4v) is 2.11. The highest BCUT2D eigenvalue weighted by molar-refractivity contribution is 5.85. The summed E-state index contributed by atoms with van der Waals surface area (Å²) in [4.78, 5) is 4.50. The molecule has 1 aromatic carbocycles. The van der Waals surface area contributed by atoms with E-state index in [0.29, 0.717) is 0 Å². The largest absolute Gasteiger partial charge is 0.294 e. The zero-order chi connectivity index (χ0) is 10.3. The van der Waals surface area contributed by atoms with Crippen LogP contribution in [0.4, 0.5) is 0 Å². The highest BCUT2D eigenvalue weighted by Gasteiger charge is 2.05. The maximum Gasteiger partial charge on any atom is 0.0392 e. The molecule has 15 heavy (non-hydrogen) atoms. The van der Waals surface area contributed by atoms with Gasteiger partial charge in [0.2, 0.25) is 0 Å². The Morgan fingerprint density at radius 3 is 2.53 bits per heavy atom. The molecule has 0 radical (unpaired) electrons. The van der Waals surface area contributed by atoms with Crippen LogP contribution in [-0.4, -0.2) is 12.3 Å². The van der Waals surface area contributed by atoms with Gasteiger partial charge in [-0.25, -0.2) is 0 Å². The quantitative estimate of drug-likeness (QED) is 0.645. The molecule has 0 unspecified atom stereocenters. The first-order valence-electron chi connectivity index (χ1n) is 6.01. The van der Waals surface area contributed by atoms with E-state index in [1.165, 1.54) is 49.8 Å². The Labute approximate surface area is 92.2 Å². The fourth-order valence-electron chi connectivity index (χ4n) is 2.11. The summed E-state index contributed by atoms with van der Waals surface area (Å²) in [5.74, 6) is 0. The Morgan fingerprint density at radius 1 is 1.00 bits per heavy atom. The SMILES string of the molecule is c1ccc(CCCCC2=NCCC2)cc1. The van der Waals surface area contributed by atoms with E-state index in [9.17, 15) is 0 Å². The van der Waals surface area contributed by atoms with Crippen LogP contribution >= 0.6 is 0 Å². The number of benzene rings is 1.